The highest BCUT2D eigenvalue weighted by Gasteiger charge is 2.08. The molecule has 0 bridgehead atoms. The van der Waals surface area contributed by atoms with Crippen LogP contribution in [0.2, 0.25) is 10.0 Å². The van der Waals surface area contributed by atoms with Crippen LogP contribution in [-0.2, 0) is 0 Å². The number of hydrogen-bond donors (Lipinski definition) is 1. The van der Waals surface area contributed by atoms with Crippen molar-refractivity contribution >= 4 is 40.2 Å². The first-order chi connectivity index (χ1) is 6.59. The summed E-state index contributed by atoms with van der Waals surface area (Å²) in [7, 11) is 0. The standard InChI is InChI=1S/C9H5Cl2NO2/c10-6-3-5-1-2-12(9(13)14)8(5)4-7(6)11/h1-4H,(H,13,14). The molecule has 0 spiro atoms. The fourth-order valence-corrected chi connectivity index (χ4v) is 1.63. The van der Waals surface area contributed by atoms with E-state index in [9.17, 15) is 4.79 Å². The molecule has 72 valence electrons. The van der Waals surface area contributed by atoms with Crippen molar-refractivity contribution in [3.8, 4) is 0 Å². The lowest BCUT2D eigenvalue weighted by Crippen LogP contribution is -2.05. The summed E-state index contributed by atoms with van der Waals surface area (Å²) < 4.78 is 1.09. The van der Waals surface area contributed by atoms with Gasteiger partial charge in [-0.15, -0.1) is 0 Å². The predicted octanol–water partition coefficient (Wildman–Crippen LogP) is 3.47. The van der Waals surface area contributed by atoms with Crippen LogP contribution >= 0.6 is 23.2 Å². The molecule has 0 radical (unpaired) electrons. The maximum Gasteiger partial charge on any atom is 0.416 e. The van der Waals surface area contributed by atoms with Crippen LogP contribution in [0.3, 0.4) is 0 Å². The second kappa shape index (κ2) is 3.19. The summed E-state index contributed by atoms with van der Waals surface area (Å²) in [6.45, 7) is 0. The molecule has 1 heterocycles. The lowest BCUT2D eigenvalue weighted by atomic mass is 10.2. The van der Waals surface area contributed by atoms with Gasteiger partial charge in [-0.25, -0.2) is 4.79 Å². The van der Waals surface area contributed by atoms with E-state index in [0.717, 1.165) is 9.95 Å². The number of benzene rings is 1. The molecule has 0 saturated carbocycles. The number of carboxylic acid groups (broad SMARTS) is 1. The molecule has 1 N–H and O–H groups in total. The monoisotopic (exact) mass is 229 g/mol. The number of hydrogen-bond acceptors (Lipinski definition) is 1. The van der Waals surface area contributed by atoms with Crippen LogP contribution in [-0.4, -0.2) is 15.8 Å². The molecular formula is C9H5Cl2NO2. The van der Waals surface area contributed by atoms with Gasteiger partial charge in [0.25, 0.3) is 0 Å². The Kier molecular flexibility index (Phi) is 2.13. The Morgan fingerprint density at radius 3 is 2.57 bits per heavy atom. The van der Waals surface area contributed by atoms with E-state index < -0.39 is 6.09 Å². The zero-order valence-electron chi connectivity index (χ0n) is 6.87. The van der Waals surface area contributed by atoms with Crippen LogP contribution in [0.1, 0.15) is 0 Å². The summed E-state index contributed by atoms with van der Waals surface area (Å²) in [4.78, 5) is 10.8. The minimum Gasteiger partial charge on any atom is -0.464 e. The molecule has 2 aromatic rings. The van der Waals surface area contributed by atoms with Gasteiger partial charge in [-0.05, 0) is 18.2 Å². The van der Waals surface area contributed by atoms with E-state index >= 15 is 0 Å². The zero-order valence-corrected chi connectivity index (χ0v) is 8.38. The van der Waals surface area contributed by atoms with Gasteiger partial charge < -0.3 is 5.11 Å². The topological polar surface area (TPSA) is 42.2 Å². The van der Waals surface area contributed by atoms with E-state index in [2.05, 4.69) is 0 Å². The lowest BCUT2D eigenvalue weighted by molar-refractivity contribution is 0.197. The largest absolute Gasteiger partial charge is 0.464 e. The Morgan fingerprint density at radius 2 is 1.93 bits per heavy atom. The van der Waals surface area contributed by atoms with Gasteiger partial charge in [0.2, 0.25) is 0 Å². The van der Waals surface area contributed by atoms with Crippen LogP contribution in [0.15, 0.2) is 24.4 Å². The summed E-state index contributed by atoms with van der Waals surface area (Å²) in [5.41, 5.74) is 0.534. The average Bonchev–Trinajstić information content (AvgIpc) is 2.48. The Balaban J connectivity index is 2.80. The van der Waals surface area contributed by atoms with E-state index in [1.165, 1.54) is 12.3 Å². The van der Waals surface area contributed by atoms with Gasteiger partial charge in [-0.2, -0.15) is 0 Å². The molecule has 0 saturated heterocycles. The maximum atomic E-state index is 10.8. The van der Waals surface area contributed by atoms with Crippen molar-refractivity contribution in [3.63, 3.8) is 0 Å². The average molecular weight is 230 g/mol. The first-order valence-corrected chi connectivity index (χ1v) is 4.54. The fraction of sp³-hybridized carbons (Fsp3) is 0. The van der Waals surface area contributed by atoms with Crippen molar-refractivity contribution in [2.75, 3.05) is 0 Å². The van der Waals surface area contributed by atoms with Crippen molar-refractivity contribution in [1.29, 1.82) is 0 Å². The van der Waals surface area contributed by atoms with E-state index in [0.29, 0.717) is 15.6 Å². The van der Waals surface area contributed by atoms with Gasteiger partial charge >= 0.3 is 6.09 Å². The number of nitrogens with zero attached hydrogens (tertiary/aromatic N) is 1. The zero-order chi connectivity index (χ0) is 10.3. The van der Waals surface area contributed by atoms with Gasteiger partial charge in [0, 0.05) is 11.6 Å². The second-order valence-corrected chi connectivity index (χ2v) is 3.61. The molecular weight excluding hydrogens is 225 g/mol. The Hall–Kier alpha value is -1.19. The van der Waals surface area contributed by atoms with Gasteiger partial charge in [0.15, 0.2) is 0 Å². The third-order valence-corrected chi connectivity index (χ3v) is 2.66. The third-order valence-electron chi connectivity index (χ3n) is 1.94. The van der Waals surface area contributed by atoms with E-state index in [1.807, 2.05) is 0 Å². The van der Waals surface area contributed by atoms with Crippen LogP contribution in [0.4, 0.5) is 4.79 Å². The molecule has 0 atom stereocenters. The summed E-state index contributed by atoms with van der Waals surface area (Å²) in [6.07, 6.45) is 0.415. The smallest absolute Gasteiger partial charge is 0.416 e. The summed E-state index contributed by atoms with van der Waals surface area (Å²) in [6, 6.07) is 4.84. The highest BCUT2D eigenvalue weighted by atomic mass is 35.5. The number of halogens is 2. The molecule has 0 amide bonds. The molecule has 1 aromatic carbocycles. The molecule has 0 fully saturated rings. The number of rotatable bonds is 0. The van der Waals surface area contributed by atoms with Gasteiger partial charge in [-0.1, -0.05) is 23.2 Å². The van der Waals surface area contributed by atoms with E-state index in [4.69, 9.17) is 28.3 Å². The van der Waals surface area contributed by atoms with Crippen molar-refractivity contribution < 1.29 is 9.90 Å². The van der Waals surface area contributed by atoms with Gasteiger partial charge in [-0.3, -0.25) is 4.57 Å². The minimum atomic E-state index is -1.04. The molecule has 0 aliphatic heterocycles. The van der Waals surface area contributed by atoms with Crippen LogP contribution < -0.4 is 0 Å². The molecule has 14 heavy (non-hydrogen) atoms. The molecule has 0 aliphatic rings. The van der Waals surface area contributed by atoms with Crippen molar-refractivity contribution in [3.05, 3.63) is 34.4 Å². The first kappa shape index (κ1) is 9.37. The maximum absolute atomic E-state index is 10.8. The number of fused-ring (bicyclic) bond motifs is 1. The summed E-state index contributed by atoms with van der Waals surface area (Å²) in [5, 5.41) is 10.3. The van der Waals surface area contributed by atoms with E-state index in [-0.39, 0.29) is 0 Å². The molecule has 3 nitrogen and oxygen atoms in total. The third kappa shape index (κ3) is 1.35. The van der Waals surface area contributed by atoms with Gasteiger partial charge in [0.05, 0.1) is 15.6 Å². The quantitative estimate of drug-likeness (QED) is 0.752. The summed E-state index contributed by atoms with van der Waals surface area (Å²) >= 11 is 11.6. The Labute approximate surface area is 89.5 Å². The summed E-state index contributed by atoms with van der Waals surface area (Å²) in [5.74, 6) is 0. The molecule has 0 aliphatic carbocycles. The normalized spacial score (nSPS) is 10.7. The van der Waals surface area contributed by atoms with Crippen molar-refractivity contribution in [2.24, 2.45) is 0 Å². The lowest BCUT2D eigenvalue weighted by Gasteiger charge is -1.99. The number of carbonyl (C=O) groups is 1. The Bertz CT molecular complexity index is 519. The van der Waals surface area contributed by atoms with Crippen LogP contribution in [0.25, 0.3) is 10.9 Å². The molecule has 0 unspecified atom stereocenters. The van der Waals surface area contributed by atoms with Crippen LogP contribution in [0, 0.1) is 0 Å². The molecule has 5 heteroatoms. The molecule has 2 rings (SSSR count). The second-order valence-electron chi connectivity index (χ2n) is 2.79. The van der Waals surface area contributed by atoms with Crippen molar-refractivity contribution in [1.82, 2.24) is 4.57 Å². The Morgan fingerprint density at radius 1 is 1.29 bits per heavy atom. The highest BCUT2D eigenvalue weighted by Crippen LogP contribution is 2.28. The minimum absolute atomic E-state index is 0.348. The van der Waals surface area contributed by atoms with Crippen LogP contribution in [0.5, 0.6) is 0 Å². The molecule has 1 aromatic heterocycles. The number of aromatic nitrogens is 1. The predicted molar refractivity (Wildman–Crippen MR) is 55.4 cm³/mol. The van der Waals surface area contributed by atoms with E-state index in [1.54, 1.807) is 12.1 Å². The highest BCUT2D eigenvalue weighted by molar-refractivity contribution is 6.42. The SMILES string of the molecule is O=C(O)n1ccc2cc(Cl)c(Cl)cc21. The van der Waals surface area contributed by atoms with Crippen molar-refractivity contribution in [2.45, 2.75) is 0 Å². The van der Waals surface area contributed by atoms with Gasteiger partial charge in [0.1, 0.15) is 0 Å². The fourth-order valence-electron chi connectivity index (χ4n) is 1.30. The first-order valence-electron chi connectivity index (χ1n) is 3.79.